The van der Waals surface area contributed by atoms with Crippen LogP contribution in [0.5, 0.6) is 0 Å². The van der Waals surface area contributed by atoms with Gasteiger partial charge in [-0.2, -0.15) is 0 Å². The lowest BCUT2D eigenvalue weighted by molar-refractivity contribution is 0.597. The zero-order chi connectivity index (χ0) is 23.8. The van der Waals surface area contributed by atoms with E-state index >= 15 is 0 Å². The number of rotatable bonds is 6. The van der Waals surface area contributed by atoms with Crippen molar-refractivity contribution in [3.05, 3.63) is 95.2 Å². The molecule has 0 aliphatic carbocycles. The summed E-state index contributed by atoms with van der Waals surface area (Å²) in [5, 5.41) is 0.891. The van der Waals surface area contributed by atoms with E-state index in [9.17, 15) is 8.42 Å². The Labute approximate surface area is 204 Å². The topological polar surface area (TPSA) is 52.0 Å². The van der Waals surface area contributed by atoms with Gasteiger partial charge in [-0.25, -0.2) is 13.4 Å². The molecule has 0 fully saturated rings. The van der Waals surface area contributed by atoms with E-state index in [0.29, 0.717) is 20.8 Å². The highest BCUT2D eigenvalue weighted by Crippen LogP contribution is 2.35. The average Bonchev–Trinajstić information content (AvgIpc) is 3.27. The second-order valence-corrected chi connectivity index (χ2v) is 10.7. The molecule has 0 saturated carbocycles. The van der Waals surface area contributed by atoms with Gasteiger partial charge in [-0.15, -0.1) is 0 Å². The molecule has 7 heteroatoms. The van der Waals surface area contributed by atoms with Crippen LogP contribution in [0.3, 0.4) is 0 Å². The molecule has 0 N–H and O–H groups in total. The fourth-order valence-electron chi connectivity index (χ4n) is 3.50. The lowest BCUT2D eigenvalue weighted by atomic mass is 10.1. The zero-order valence-electron chi connectivity index (χ0n) is 18.2. The Bertz CT molecular complexity index is 1460. The van der Waals surface area contributed by atoms with E-state index in [-0.39, 0.29) is 5.75 Å². The van der Waals surface area contributed by atoms with Gasteiger partial charge in [0.25, 0.3) is 0 Å². The van der Waals surface area contributed by atoms with Crippen molar-refractivity contribution in [3.63, 3.8) is 0 Å². The summed E-state index contributed by atoms with van der Waals surface area (Å²) in [6, 6.07) is 20.3. The highest BCUT2D eigenvalue weighted by atomic mass is 35.5. The number of hydrogen-bond acceptors (Lipinski definition) is 3. The number of benzene rings is 3. The maximum absolute atomic E-state index is 12.3. The van der Waals surface area contributed by atoms with Crippen LogP contribution in [0.2, 0.25) is 10.0 Å². The molecular formula is C26H22Cl2N2O2S. The van der Waals surface area contributed by atoms with Crippen molar-refractivity contribution < 1.29 is 8.42 Å². The summed E-state index contributed by atoms with van der Waals surface area (Å²) in [6.07, 6.45) is 1.92. The minimum absolute atomic E-state index is 0.0654. The molecule has 1 aromatic heterocycles. The largest absolute Gasteiger partial charge is 0.299 e. The predicted octanol–water partition coefficient (Wildman–Crippen LogP) is 7.34. The summed E-state index contributed by atoms with van der Waals surface area (Å²) in [5.41, 5.74) is 4.93. The summed E-state index contributed by atoms with van der Waals surface area (Å²) in [4.78, 5) is 5.06. The van der Waals surface area contributed by atoms with Gasteiger partial charge < -0.3 is 0 Å². The number of halogens is 2. The van der Waals surface area contributed by atoms with Crippen molar-refractivity contribution in [2.24, 2.45) is 0 Å². The molecule has 4 aromatic rings. The highest BCUT2D eigenvalue weighted by molar-refractivity contribution is 7.91. The van der Waals surface area contributed by atoms with Crippen LogP contribution in [0.15, 0.2) is 84.4 Å². The first-order valence-electron chi connectivity index (χ1n) is 10.3. The maximum Gasteiger partial charge on any atom is 0.178 e. The van der Waals surface area contributed by atoms with Crippen molar-refractivity contribution in [1.29, 1.82) is 0 Å². The molecule has 0 aliphatic rings. The Hall–Kier alpha value is -2.86. The fourth-order valence-corrected chi connectivity index (χ4v) is 4.81. The standard InChI is InChI=1S/C26H22Cl2N2O2S/c1-4-33(31,32)21-8-5-7-19(15-21)18-11-13-20(14-12-18)30-16-24(17(2)3)29-26(30)22-9-6-10-23(27)25(22)28/h5-16H,2,4H2,1,3H3. The molecule has 0 unspecified atom stereocenters. The van der Waals surface area contributed by atoms with Crippen molar-refractivity contribution in [2.75, 3.05) is 5.75 Å². The van der Waals surface area contributed by atoms with Crippen LogP contribution in [-0.4, -0.2) is 23.7 Å². The molecule has 4 nitrogen and oxygen atoms in total. The normalized spacial score (nSPS) is 11.5. The number of aromatic nitrogens is 2. The van der Waals surface area contributed by atoms with E-state index in [1.807, 2.05) is 60.2 Å². The summed E-state index contributed by atoms with van der Waals surface area (Å²) in [7, 11) is -3.27. The van der Waals surface area contributed by atoms with Crippen LogP contribution < -0.4 is 0 Å². The SMILES string of the molecule is C=C(C)c1cn(-c2ccc(-c3cccc(S(=O)(=O)CC)c3)cc2)c(-c2cccc(Cl)c2Cl)n1. The maximum atomic E-state index is 12.3. The summed E-state index contributed by atoms with van der Waals surface area (Å²) in [5.74, 6) is 0.722. The van der Waals surface area contributed by atoms with Crippen LogP contribution in [0, 0.1) is 0 Å². The second-order valence-electron chi connectivity index (χ2n) is 7.68. The average molecular weight is 497 g/mol. The third-order valence-corrected chi connectivity index (χ3v) is 7.94. The molecule has 0 spiro atoms. The molecule has 0 bridgehead atoms. The lowest BCUT2D eigenvalue weighted by Gasteiger charge is -2.11. The third-order valence-electron chi connectivity index (χ3n) is 5.39. The van der Waals surface area contributed by atoms with Gasteiger partial charge in [0.1, 0.15) is 5.82 Å². The Kier molecular flexibility index (Phi) is 6.48. The quantitative estimate of drug-likeness (QED) is 0.280. The van der Waals surface area contributed by atoms with Crippen LogP contribution in [0.4, 0.5) is 0 Å². The summed E-state index contributed by atoms with van der Waals surface area (Å²) < 4.78 is 26.5. The number of hydrogen-bond donors (Lipinski definition) is 0. The molecule has 0 atom stereocenters. The molecule has 0 radical (unpaired) electrons. The molecule has 4 rings (SSSR count). The number of allylic oxidation sites excluding steroid dienone is 1. The molecule has 3 aromatic carbocycles. The smallest absolute Gasteiger partial charge is 0.178 e. The molecule has 0 aliphatic heterocycles. The van der Waals surface area contributed by atoms with Crippen LogP contribution in [0.25, 0.3) is 33.8 Å². The van der Waals surface area contributed by atoms with E-state index in [0.717, 1.165) is 33.6 Å². The first-order valence-corrected chi connectivity index (χ1v) is 12.8. The third kappa shape index (κ3) is 4.62. The van der Waals surface area contributed by atoms with E-state index in [4.69, 9.17) is 28.2 Å². The first-order chi connectivity index (χ1) is 15.7. The Morgan fingerprint density at radius 2 is 1.70 bits per heavy atom. The Morgan fingerprint density at radius 3 is 2.36 bits per heavy atom. The number of sulfone groups is 1. The zero-order valence-corrected chi connectivity index (χ0v) is 20.5. The minimum Gasteiger partial charge on any atom is -0.299 e. The van der Waals surface area contributed by atoms with Crippen molar-refractivity contribution in [3.8, 4) is 28.2 Å². The Morgan fingerprint density at radius 1 is 1.00 bits per heavy atom. The fraction of sp³-hybridized carbons (Fsp3) is 0.115. The van der Waals surface area contributed by atoms with Crippen molar-refractivity contribution in [1.82, 2.24) is 9.55 Å². The van der Waals surface area contributed by atoms with Gasteiger partial charge in [0.2, 0.25) is 0 Å². The van der Waals surface area contributed by atoms with E-state index in [2.05, 4.69) is 6.58 Å². The predicted molar refractivity (Wildman–Crippen MR) is 137 cm³/mol. The summed E-state index contributed by atoms with van der Waals surface area (Å²) >= 11 is 12.7. The van der Waals surface area contributed by atoms with Gasteiger partial charge in [0.05, 0.1) is 26.4 Å². The monoisotopic (exact) mass is 496 g/mol. The Balaban J connectivity index is 1.78. The van der Waals surface area contributed by atoms with Crippen LogP contribution in [-0.2, 0) is 9.84 Å². The van der Waals surface area contributed by atoms with Gasteiger partial charge in [-0.1, -0.05) is 67.0 Å². The van der Waals surface area contributed by atoms with Gasteiger partial charge in [-0.05, 0) is 60.0 Å². The number of nitrogens with zero attached hydrogens (tertiary/aromatic N) is 2. The molecule has 168 valence electrons. The van der Waals surface area contributed by atoms with Crippen LogP contribution >= 0.6 is 23.2 Å². The molecule has 0 saturated heterocycles. The molecule has 0 amide bonds. The lowest BCUT2D eigenvalue weighted by Crippen LogP contribution is -2.03. The van der Waals surface area contributed by atoms with Gasteiger partial charge in [0, 0.05) is 17.4 Å². The molecule has 1 heterocycles. The van der Waals surface area contributed by atoms with Gasteiger partial charge in [-0.3, -0.25) is 4.57 Å². The van der Waals surface area contributed by atoms with Crippen molar-refractivity contribution in [2.45, 2.75) is 18.7 Å². The van der Waals surface area contributed by atoms with E-state index in [1.165, 1.54) is 0 Å². The first kappa shape index (κ1) is 23.3. The van der Waals surface area contributed by atoms with E-state index < -0.39 is 9.84 Å². The molecule has 33 heavy (non-hydrogen) atoms. The number of imidazole rings is 1. The molecular weight excluding hydrogens is 475 g/mol. The highest BCUT2D eigenvalue weighted by Gasteiger charge is 2.17. The van der Waals surface area contributed by atoms with E-state index in [1.54, 1.807) is 31.2 Å². The second kappa shape index (κ2) is 9.18. The van der Waals surface area contributed by atoms with Crippen LogP contribution in [0.1, 0.15) is 19.5 Å². The minimum atomic E-state index is -3.27. The van der Waals surface area contributed by atoms with Gasteiger partial charge >= 0.3 is 0 Å². The summed E-state index contributed by atoms with van der Waals surface area (Å²) in [6.45, 7) is 7.55. The van der Waals surface area contributed by atoms with Crippen molar-refractivity contribution >= 4 is 38.6 Å². The van der Waals surface area contributed by atoms with Gasteiger partial charge in [0.15, 0.2) is 9.84 Å².